The van der Waals surface area contributed by atoms with Gasteiger partial charge in [-0.1, -0.05) is 0 Å². The van der Waals surface area contributed by atoms with E-state index in [1.165, 1.54) is 0 Å². The van der Waals surface area contributed by atoms with E-state index >= 15 is 0 Å². The summed E-state index contributed by atoms with van der Waals surface area (Å²) in [5.41, 5.74) is 0. The molecule has 0 saturated carbocycles. The Morgan fingerprint density at radius 3 is 2.82 bits per heavy atom. The fraction of sp³-hybridized carbons (Fsp3) is 1.00. The fourth-order valence-electron chi connectivity index (χ4n) is 1.31. The maximum absolute atomic E-state index is 9.66. The Hall–Kier alpha value is -0.480. The topological polar surface area (TPSA) is 50.7 Å². The van der Waals surface area contributed by atoms with Crippen molar-refractivity contribution in [3.05, 3.63) is 4.91 Å². The second-order valence-corrected chi connectivity index (χ2v) is 2.82. The second-order valence-electron chi connectivity index (χ2n) is 2.82. The molecule has 1 fully saturated rings. The average molecular weight is 158 g/mol. The van der Waals surface area contributed by atoms with Gasteiger partial charge in [0.15, 0.2) is 6.73 Å². The van der Waals surface area contributed by atoms with Gasteiger partial charge in [-0.25, -0.2) is 0 Å². The van der Waals surface area contributed by atoms with Crippen LogP contribution in [0.4, 0.5) is 0 Å². The first kappa shape index (κ1) is 8.62. The van der Waals surface area contributed by atoms with Gasteiger partial charge >= 0.3 is 0 Å². The molecular formula is C7H14N2O2. The Balaban J connectivity index is 2.00. The van der Waals surface area contributed by atoms with Gasteiger partial charge in [0.25, 0.3) is 0 Å². The first-order valence-corrected chi connectivity index (χ1v) is 4.01. The van der Waals surface area contributed by atoms with E-state index in [1.807, 2.05) is 0 Å². The molecular weight excluding hydrogens is 144 g/mol. The number of nitrogens with one attached hydrogen (secondary N) is 1. The lowest BCUT2D eigenvalue weighted by molar-refractivity contribution is 0.0931. The van der Waals surface area contributed by atoms with Crippen LogP contribution in [0.3, 0.4) is 0 Å². The molecule has 0 aromatic carbocycles. The second kappa shape index (κ2) is 5.21. The third kappa shape index (κ3) is 3.43. The normalized spacial score (nSPS) is 20.0. The number of nitrogens with zero attached hydrogens (tertiary/aromatic N) is 1. The molecule has 1 aliphatic rings. The number of nitroso groups, excluding NO2 is 1. The van der Waals surface area contributed by atoms with E-state index in [4.69, 9.17) is 4.74 Å². The van der Waals surface area contributed by atoms with Gasteiger partial charge in [0.05, 0.1) is 6.61 Å². The summed E-state index contributed by atoms with van der Waals surface area (Å²) in [6, 6.07) is 0. The van der Waals surface area contributed by atoms with E-state index in [0.717, 1.165) is 25.9 Å². The van der Waals surface area contributed by atoms with Crippen molar-refractivity contribution < 1.29 is 4.74 Å². The molecule has 1 aliphatic heterocycles. The predicted molar refractivity (Wildman–Crippen MR) is 42.2 cm³/mol. The van der Waals surface area contributed by atoms with Crippen molar-refractivity contribution in [3.63, 3.8) is 0 Å². The lowest BCUT2D eigenvalue weighted by atomic mass is 9.99. The summed E-state index contributed by atoms with van der Waals surface area (Å²) >= 11 is 0. The molecule has 1 heterocycles. The summed E-state index contributed by atoms with van der Waals surface area (Å²) in [6.45, 7) is 2.84. The monoisotopic (exact) mass is 158 g/mol. The Bertz CT molecular complexity index is 113. The van der Waals surface area contributed by atoms with Crippen LogP contribution in [0.2, 0.25) is 0 Å². The summed E-state index contributed by atoms with van der Waals surface area (Å²) in [5.74, 6) is 0.623. The van der Waals surface area contributed by atoms with Gasteiger partial charge in [0.1, 0.15) is 0 Å². The predicted octanol–water partition coefficient (Wildman–Crippen LogP) is 0.726. The van der Waals surface area contributed by atoms with Crippen LogP contribution in [0, 0.1) is 10.8 Å². The summed E-state index contributed by atoms with van der Waals surface area (Å²) < 4.78 is 5.02. The molecule has 4 heteroatoms. The van der Waals surface area contributed by atoms with E-state index in [1.54, 1.807) is 0 Å². The van der Waals surface area contributed by atoms with Crippen LogP contribution in [0.15, 0.2) is 5.18 Å². The zero-order chi connectivity index (χ0) is 7.94. The highest BCUT2D eigenvalue weighted by molar-refractivity contribution is 4.67. The smallest absolute Gasteiger partial charge is 0.179 e. The quantitative estimate of drug-likeness (QED) is 0.484. The summed E-state index contributed by atoms with van der Waals surface area (Å²) in [4.78, 5) is 9.66. The van der Waals surface area contributed by atoms with Crippen LogP contribution >= 0.6 is 0 Å². The third-order valence-electron chi connectivity index (χ3n) is 1.96. The van der Waals surface area contributed by atoms with E-state index in [-0.39, 0.29) is 6.73 Å². The average Bonchev–Trinajstić information content (AvgIpc) is 2.07. The minimum Gasteiger partial charge on any atom is -0.355 e. The van der Waals surface area contributed by atoms with Gasteiger partial charge in [-0.15, -0.1) is 4.91 Å². The highest BCUT2D eigenvalue weighted by atomic mass is 16.5. The molecule has 0 atom stereocenters. The van der Waals surface area contributed by atoms with Crippen molar-refractivity contribution in [3.8, 4) is 0 Å². The Labute approximate surface area is 66.3 Å². The molecule has 0 radical (unpaired) electrons. The first-order chi connectivity index (χ1) is 5.43. The first-order valence-electron chi connectivity index (χ1n) is 4.01. The Morgan fingerprint density at radius 2 is 2.18 bits per heavy atom. The van der Waals surface area contributed by atoms with E-state index in [0.29, 0.717) is 12.5 Å². The number of ether oxygens (including phenoxy) is 1. The molecule has 0 spiro atoms. The fourth-order valence-corrected chi connectivity index (χ4v) is 1.31. The maximum atomic E-state index is 9.66. The Morgan fingerprint density at radius 1 is 1.45 bits per heavy atom. The molecule has 0 aromatic heterocycles. The molecule has 0 aliphatic carbocycles. The molecule has 4 nitrogen and oxygen atoms in total. The van der Waals surface area contributed by atoms with E-state index in [9.17, 15) is 4.91 Å². The highest BCUT2D eigenvalue weighted by Crippen LogP contribution is 2.11. The van der Waals surface area contributed by atoms with E-state index < -0.39 is 0 Å². The molecule has 0 amide bonds. The Kier molecular flexibility index (Phi) is 4.08. The molecule has 64 valence electrons. The molecule has 1 rings (SSSR count). The standard InChI is InChI=1S/C7H14N2O2/c10-9-6-11-5-7-1-3-8-4-2-7/h7-8H,1-6H2. The van der Waals surface area contributed by atoms with Crippen molar-refractivity contribution in [2.45, 2.75) is 12.8 Å². The number of hydrogen-bond acceptors (Lipinski definition) is 4. The van der Waals surface area contributed by atoms with E-state index in [2.05, 4.69) is 10.5 Å². The lowest BCUT2D eigenvalue weighted by Crippen LogP contribution is -2.29. The lowest BCUT2D eigenvalue weighted by Gasteiger charge is -2.21. The molecule has 1 saturated heterocycles. The van der Waals surface area contributed by atoms with Crippen molar-refractivity contribution in [2.24, 2.45) is 11.1 Å². The van der Waals surface area contributed by atoms with Crippen LogP contribution in [-0.4, -0.2) is 26.4 Å². The van der Waals surface area contributed by atoms with Gasteiger partial charge in [-0.3, -0.25) is 0 Å². The molecule has 11 heavy (non-hydrogen) atoms. The number of rotatable bonds is 4. The molecule has 0 aromatic rings. The zero-order valence-electron chi connectivity index (χ0n) is 6.58. The minimum atomic E-state index is 0.00390. The van der Waals surface area contributed by atoms with Crippen LogP contribution in [0.1, 0.15) is 12.8 Å². The van der Waals surface area contributed by atoms with Gasteiger partial charge in [0, 0.05) is 0 Å². The maximum Gasteiger partial charge on any atom is 0.179 e. The van der Waals surface area contributed by atoms with Crippen molar-refractivity contribution in [1.82, 2.24) is 5.32 Å². The SMILES string of the molecule is O=NCOCC1CCNCC1. The molecule has 0 unspecified atom stereocenters. The van der Waals surface area contributed by atoms with Crippen LogP contribution in [0.5, 0.6) is 0 Å². The van der Waals surface area contributed by atoms with Gasteiger partial charge in [0.2, 0.25) is 0 Å². The van der Waals surface area contributed by atoms with Crippen LogP contribution < -0.4 is 5.32 Å². The summed E-state index contributed by atoms with van der Waals surface area (Å²) in [7, 11) is 0. The number of piperidine rings is 1. The number of hydrogen-bond donors (Lipinski definition) is 1. The van der Waals surface area contributed by atoms with Crippen molar-refractivity contribution >= 4 is 0 Å². The van der Waals surface area contributed by atoms with Crippen LogP contribution in [0.25, 0.3) is 0 Å². The highest BCUT2D eigenvalue weighted by Gasteiger charge is 2.12. The van der Waals surface area contributed by atoms with Gasteiger partial charge < -0.3 is 10.1 Å². The summed E-state index contributed by atoms with van der Waals surface area (Å²) in [6.07, 6.45) is 2.30. The third-order valence-corrected chi connectivity index (χ3v) is 1.96. The minimum absolute atomic E-state index is 0.00390. The zero-order valence-corrected chi connectivity index (χ0v) is 6.58. The van der Waals surface area contributed by atoms with Crippen molar-refractivity contribution in [1.29, 1.82) is 0 Å². The molecule has 0 bridgehead atoms. The molecule has 1 N–H and O–H groups in total. The van der Waals surface area contributed by atoms with Crippen LogP contribution in [-0.2, 0) is 4.74 Å². The largest absolute Gasteiger partial charge is 0.355 e. The van der Waals surface area contributed by atoms with Gasteiger partial charge in [-0.05, 0) is 37.0 Å². The summed E-state index contributed by atoms with van der Waals surface area (Å²) in [5, 5.41) is 5.90. The van der Waals surface area contributed by atoms with Crippen molar-refractivity contribution in [2.75, 3.05) is 26.4 Å². The van der Waals surface area contributed by atoms with Gasteiger partial charge in [-0.2, -0.15) is 0 Å².